The average Bonchev–Trinajstić information content (AvgIpc) is 3.16. The van der Waals surface area contributed by atoms with Crippen LogP contribution in [-0.2, 0) is 33.4 Å². The molecule has 4 rings (SSSR count). The van der Waals surface area contributed by atoms with Gasteiger partial charge in [0.25, 0.3) is 11.8 Å². The van der Waals surface area contributed by atoms with Crippen molar-refractivity contribution >= 4 is 31.5 Å². The summed E-state index contributed by atoms with van der Waals surface area (Å²) in [7, 11) is 6.21. The molecule has 7 nitrogen and oxygen atoms in total. The number of carbonyl (C=O) groups excluding carboxylic acids is 4. The second kappa shape index (κ2) is 8.90. The minimum atomic E-state index is -3.71. The van der Waals surface area contributed by atoms with Gasteiger partial charge in [0.15, 0.2) is 0 Å². The molecule has 2 radical (unpaired) electrons. The molecule has 0 spiro atoms. The first-order valence-electron chi connectivity index (χ1n) is 11.3. The van der Waals surface area contributed by atoms with Crippen molar-refractivity contribution in [1.82, 2.24) is 15.5 Å². The number of nitrogens with one attached hydrogen (secondary N) is 2. The van der Waals surface area contributed by atoms with E-state index in [9.17, 15) is 28.0 Å². The van der Waals surface area contributed by atoms with Crippen molar-refractivity contribution in [1.29, 1.82) is 0 Å². The van der Waals surface area contributed by atoms with Crippen molar-refractivity contribution in [2.45, 2.75) is 57.1 Å². The highest BCUT2D eigenvalue weighted by molar-refractivity contribution is 6.32. The third kappa shape index (κ3) is 4.44. The average molecular weight is 479 g/mol. The number of piperidine rings is 1. The standard InChI is InChI=1S/C25H24BF2N3O4/c1-14(2)16-4-6-18(7-5-16)25(27,28)23(35)29-12-15-3-8-19-17(11-15)13-31(21(19)33)24(26)10-9-20(32)30-22(24)34/h3-8,11,14H,9-10,12-13H2,1-2H3,(H,29,35)(H,30,32,34). The van der Waals surface area contributed by atoms with Crippen molar-refractivity contribution < 1.29 is 28.0 Å². The fraction of sp³-hybridized carbons (Fsp3) is 0.360. The topological polar surface area (TPSA) is 95.6 Å². The molecule has 180 valence electrons. The molecule has 0 bridgehead atoms. The van der Waals surface area contributed by atoms with E-state index in [0.717, 1.165) is 5.56 Å². The molecule has 10 heteroatoms. The Labute approximate surface area is 202 Å². The SMILES string of the molecule is [B]C1(N2Cc3cc(CNC(=O)C(F)(F)c4ccc(C(C)C)cc4)ccc3C2=O)CCC(=O)NC1=O. The quantitative estimate of drug-likeness (QED) is 0.492. The molecular formula is C25H24BF2N3O4. The van der Waals surface area contributed by atoms with Gasteiger partial charge in [-0.1, -0.05) is 50.2 Å². The van der Waals surface area contributed by atoms with Gasteiger partial charge in [0.1, 0.15) is 7.85 Å². The molecular weight excluding hydrogens is 455 g/mol. The smallest absolute Gasteiger partial charge is 0.346 e. The first-order valence-corrected chi connectivity index (χ1v) is 11.3. The van der Waals surface area contributed by atoms with Crippen LogP contribution in [0.3, 0.4) is 0 Å². The maximum absolute atomic E-state index is 14.7. The van der Waals surface area contributed by atoms with Crippen LogP contribution in [0.2, 0.25) is 0 Å². The number of halogens is 2. The summed E-state index contributed by atoms with van der Waals surface area (Å²) in [6.07, 6.45) is 0.00158. The highest BCUT2D eigenvalue weighted by Crippen LogP contribution is 2.33. The summed E-state index contributed by atoms with van der Waals surface area (Å²) in [6, 6.07) is 10.3. The van der Waals surface area contributed by atoms with Gasteiger partial charge in [-0.25, -0.2) is 0 Å². The number of hydrogen-bond donors (Lipinski definition) is 2. The number of hydrogen-bond acceptors (Lipinski definition) is 4. The number of rotatable bonds is 6. The Hall–Kier alpha value is -3.56. The van der Waals surface area contributed by atoms with Crippen LogP contribution in [0.5, 0.6) is 0 Å². The summed E-state index contributed by atoms with van der Waals surface area (Å²) in [5.41, 5.74) is 0.214. The minimum Gasteiger partial charge on any atom is -0.346 e. The lowest BCUT2D eigenvalue weighted by Crippen LogP contribution is -2.63. The van der Waals surface area contributed by atoms with E-state index in [1.807, 2.05) is 13.8 Å². The summed E-state index contributed by atoms with van der Waals surface area (Å²) in [4.78, 5) is 50.2. The maximum Gasteiger partial charge on any atom is 0.349 e. The number of imide groups is 1. The van der Waals surface area contributed by atoms with Crippen molar-refractivity contribution in [3.05, 3.63) is 70.3 Å². The predicted octanol–water partition coefficient (Wildman–Crippen LogP) is 2.48. The lowest BCUT2D eigenvalue weighted by Gasteiger charge is -2.40. The molecule has 2 aromatic carbocycles. The summed E-state index contributed by atoms with van der Waals surface area (Å²) in [5, 5.41) is 4.42. The van der Waals surface area contributed by atoms with Crippen LogP contribution in [-0.4, -0.2) is 41.8 Å². The Morgan fingerprint density at radius 1 is 1.17 bits per heavy atom. The molecule has 0 saturated carbocycles. The summed E-state index contributed by atoms with van der Waals surface area (Å²) >= 11 is 0. The van der Waals surface area contributed by atoms with Crippen molar-refractivity contribution in [3.63, 3.8) is 0 Å². The molecule has 2 aromatic rings. The monoisotopic (exact) mass is 479 g/mol. The van der Waals surface area contributed by atoms with Gasteiger partial charge in [-0.3, -0.25) is 24.5 Å². The van der Waals surface area contributed by atoms with Gasteiger partial charge in [-0.15, -0.1) is 0 Å². The van der Waals surface area contributed by atoms with E-state index in [4.69, 9.17) is 7.85 Å². The Balaban J connectivity index is 1.44. The lowest BCUT2D eigenvalue weighted by atomic mass is 9.70. The third-order valence-electron chi connectivity index (χ3n) is 6.51. The number of benzene rings is 2. The molecule has 0 aromatic heterocycles. The molecule has 0 aliphatic carbocycles. The zero-order valence-electron chi connectivity index (χ0n) is 19.4. The Morgan fingerprint density at radius 2 is 1.86 bits per heavy atom. The van der Waals surface area contributed by atoms with Crippen molar-refractivity contribution in [2.75, 3.05) is 0 Å². The number of alkyl halides is 2. The molecule has 2 aliphatic heterocycles. The van der Waals surface area contributed by atoms with E-state index in [1.165, 1.54) is 23.1 Å². The van der Waals surface area contributed by atoms with E-state index in [1.54, 1.807) is 24.3 Å². The van der Waals surface area contributed by atoms with Crippen LogP contribution in [0.4, 0.5) is 8.78 Å². The van der Waals surface area contributed by atoms with Gasteiger partial charge in [0.05, 0.1) is 5.44 Å². The molecule has 35 heavy (non-hydrogen) atoms. The third-order valence-corrected chi connectivity index (χ3v) is 6.51. The Morgan fingerprint density at radius 3 is 2.49 bits per heavy atom. The fourth-order valence-electron chi connectivity index (χ4n) is 4.28. The summed E-state index contributed by atoms with van der Waals surface area (Å²) in [6.45, 7) is 3.73. The van der Waals surface area contributed by atoms with Crippen LogP contribution in [0, 0.1) is 0 Å². The van der Waals surface area contributed by atoms with E-state index in [2.05, 4.69) is 10.6 Å². The van der Waals surface area contributed by atoms with Crippen LogP contribution in [0.1, 0.15) is 65.2 Å². The van der Waals surface area contributed by atoms with E-state index in [0.29, 0.717) is 16.7 Å². The highest BCUT2D eigenvalue weighted by Gasteiger charge is 2.47. The number of amides is 4. The molecule has 1 fully saturated rings. The fourth-order valence-corrected chi connectivity index (χ4v) is 4.28. The minimum absolute atomic E-state index is 0.00641. The largest absolute Gasteiger partial charge is 0.349 e. The normalized spacial score (nSPS) is 20.1. The van der Waals surface area contributed by atoms with Crippen LogP contribution in [0.25, 0.3) is 0 Å². The summed E-state index contributed by atoms with van der Waals surface area (Å²) in [5.74, 6) is -6.62. The van der Waals surface area contributed by atoms with Gasteiger partial charge in [0, 0.05) is 30.6 Å². The molecule has 2 heterocycles. The van der Waals surface area contributed by atoms with E-state index >= 15 is 0 Å². The summed E-state index contributed by atoms with van der Waals surface area (Å²) < 4.78 is 29.4. The Bertz CT molecular complexity index is 1220. The number of carbonyl (C=O) groups is 4. The first-order chi connectivity index (χ1) is 16.4. The van der Waals surface area contributed by atoms with Gasteiger partial charge in [0.2, 0.25) is 11.8 Å². The molecule has 1 saturated heterocycles. The zero-order chi connectivity index (χ0) is 25.5. The Kier molecular flexibility index (Phi) is 6.25. The highest BCUT2D eigenvalue weighted by atomic mass is 19.3. The molecule has 1 unspecified atom stereocenters. The second-order valence-electron chi connectivity index (χ2n) is 9.22. The molecule has 2 aliphatic rings. The zero-order valence-corrected chi connectivity index (χ0v) is 19.4. The number of fused-ring (bicyclic) bond motifs is 1. The van der Waals surface area contributed by atoms with Gasteiger partial charge < -0.3 is 10.2 Å². The van der Waals surface area contributed by atoms with Crippen molar-refractivity contribution in [3.8, 4) is 0 Å². The lowest BCUT2D eigenvalue weighted by molar-refractivity contribution is -0.147. The van der Waals surface area contributed by atoms with Gasteiger partial charge in [-0.2, -0.15) is 8.78 Å². The second-order valence-corrected chi connectivity index (χ2v) is 9.22. The molecule has 4 amide bonds. The van der Waals surface area contributed by atoms with Crippen LogP contribution < -0.4 is 10.6 Å². The molecule has 1 atom stereocenters. The van der Waals surface area contributed by atoms with Crippen LogP contribution in [0.15, 0.2) is 42.5 Å². The van der Waals surface area contributed by atoms with Gasteiger partial charge >= 0.3 is 5.92 Å². The first kappa shape index (κ1) is 24.6. The number of nitrogens with zero attached hydrogens (tertiary/aromatic N) is 1. The van der Waals surface area contributed by atoms with Crippen molar-refractivity contribution in [2.24, 2.45) is 0 Å². The maximum atomic E-state index is 14.7. The van der Waals surface area contributed by atoms with Gasteiger partial charge in [-0.05, 0) is 35.1 Å². The van der Waals surface area contributed by atoms with Crippen LogP contribution >= 0.6 is 0 Å². The molecule has 2 N–H and O–H groups in total. The van der Waals surface area contributed by atoms with E-state index in [-0.39, 0.29) is 31.8 Å². The predicted molar refractivity (Wildman–Crippen MR) is 123 cm³/mol. The van der Waals surface area contributed by atoms with E-state index < -0.39 is 40.6 Å².